The fourth-order valence-corrected chi connectivity index (χ4v) is 4.49. The second-order valence-electron chi connectivity index (χ2n) is 5.44. The van der Waals surface area contributed by atoms with Crippen molar-refractivity contribution in [1.82, 2.24) is 9.97 Å². The smallest absolute Gasteiger partial charge is 0.319 e. The highest BCUT2D eigenvalue weighted by atomic mass is 32.2. The maximum atomic E-state index is 12.0. The van der Waals surface area contributed by atoms with E-state index in [9.17, 15) is 4.79 Å². The van der Waals surface area contributed by atoms with Gasteiger partial charge in [0.1, 0.15) is 16.4 Å². The number of ether oxygens (including phenoxy) is 1. The fraction of sp³-hybridized carbons (Fsp3) is 0.235. The van der Waals surface area contributed by atoms with E-state index in [4.69, 9.17) is 9.72 Å². The number of benzene rings is 1. The van der Waals surface area contributed by atoms with Crippen LogP contribution in [0, 0.1) is 0 Å². The highest BCUT2D eigenvalue weighted by Crippen LogP contribution is 2.36. The Kier molecular flexibility index (Phi) is 3.79. The third kappa shape index (κ3) is 2.84. The van der Waals surface area contributed by atoms with Crippen LogP contribution in [0.2, 0.25) is 0 Å². The zero-order valence-electron chi connectivity index (χ0n) is 12.4. The Hall–Kier alpha value is -1.92. The van der Waals surface area contributed by atoms with E-state index >= 15 is 0 Å². The van der Waals surface area contributed by atoms with Gasteiger partial charge in [0, 0.05) is 11.8 Å². The van der Waals surface area contributed by atoms with E-state index in [0.717, 1.165) is 27.2 Å². The molecular weight excluding hydrogens is 328 g/mol. The number of hydrogen-bond acceptors (Lipinski definition) is 6. The van der Waals surface area contributed by atoms with Crippen molar-refractivity contribution < 1.29 is 9.53 Å². The molecule has 3 heterocycles. The maximum absolute atomic E-state index is 12.0. The van der Waals surface area contributed by atoms with Gasteiger partial charge in [-0.15, -0.1) is 11.3 Å². The van der Waals surface area contributed by atoms with Crippen molar-refractivity contribution in [3.8, 4) is 10.7 Å². The van der Waals surface area contributed by atoms with Crippen LogP contribution in [0.1, 0.15) is 13.3 Å². The summed E-state index contributed by atoms with van der Waals surface area (Å²) in [4.78, 5) is 22.4. The number of fused-ring (bicyclic) bond motifs is 1. The Morgan fingerprint density at radius 1 is 1.22 bits per heavy atom. The molecule has 4 rings (SSSR count). The van der Waals surface area contributed by atoms with Gasteiger partial charge in [-0.3, -0.25) is 4.79 Å². The SMILES string of the molecule is CC1CC(Sc2nc(-c3cccs3)nc3ccccc23)C(=O)O1. The van der Waals surface area contributed by atoms with Gasteiger partial charge in [0.15, 0.2) is 5.82 Å². The number of thioether (sulfide) groups is 1. The van der Waals surface area contributed by atoms with Crippen LogP contribution in [0.25, 0.3) is 21.6 Å². The van der Waals surface area contributed by atoms with Gasteiger partial charge in [-0.25, -0.2) is 9.97 Å². The van der Waals surface area contributed by atoms with Crippen LogP contribution in [0.4, 0.5) is 0 Å². The molecule has 4 nitrogen and oxygen atoms in total. The van der Waals surface area contributed by atoms with Gasteiger partial charge in [-0.05, 0) is 24.4 Å². The molecule has 1 saturated heterocycles. The van der Waals surface area contributed by atoms with Gasteiger partial charge in [0.2, 0.25) is 0 Å². The molecule has 6 heteroatoms. The number of esters is 1. The first kappa shape index (κ1) is 14.7. The molecule has 0 radical (unpaired) electrons. The molecule has 1 aromatic carbocycles. The molecule has 0 saturated carbocycles. The van der Waals surface area contributed by atoms with Crippen LogP contribution in [0.15, 0.2) is 46.8 Å². The number of para-hydroxylation sites is 1. The number of cyclic esters (lactones) is 1. The van der Waals surface area contributed by atoms with Crippen molar-refractivity contribution in [3.05, 3.63) is 41.8 Å². The Morgan fingerprint density at radius 3 is 2.83 bits per heavy atom. The molecule has 0 spiro atoms. The molecule has 1 aliphatic heterocycles. The summed E-state index contributed by atoms with van der Waals surface area (Å²) in [5, 5.41) is 3.64. The zero-order chi connectivity index (χ0) is 15.8. The van der Waals surface area contributed by atoms with E-state index in [0.29, 0.717) is 5.82 Å². The lowest BCUT2D eigenvalue weighted by Crippen LogP contribution is -2.10. The Bertz CT molecular complexity index is 864. The highest BCUT2D eigenvalue weighted by Gasteiger charge is 2.33. The second-order valence-corrected chi connectivity index (χ2v) is 7.58. The first-order chi connectivity index (χ1) is 11.2. The number of hydrogen-bond donors (Lipinski definition) is 0. The summed E-state index contributed by atoms with van der Waals surface area (Å²) in [5.41, 5.74) is 0.896. The van der Waals surface area contributed by atoms with Crippen molar-refractivity contribution in [2.24, 2.45) is 0 Å². The maximum Gasteiger partial charge on any atom is 0.319 e. The molecule has 116 valence electrons. The number of aromatic nitrogens is 2. The topological polar surface area (TPSA) is 52.1 Å². The lowest BCUT2D eigenvalue weighted by molar-refractivity contribution is -0.140. The van der Waals surface area contributed by atoms with Crippen LogP contribution in [-0.2, 0) is 9.53 Å². The van der Waals surface area contributed by atoms with E-state index in [-0.39, 0.29) is 17.3 Å². The van der Waals surface area contributed by atoms with Gasteiger partial charge < -0.3 is 4.74 Å². The Balaban J connectivity index is 1.79. The minimum atomic E-state index is -0.195. The van der Waals surface area contributed by atoms with Crippen molar-refractivity contribution in [2.75, 3.05) is 0 Å². The first-order valence-electron chi connectivity index (χ1n) is 7.38. The summed E-state index contributed by atoms with van der Waals surface area (Å²) in [7, 11) is 0. The lowest BCUT2D eigenvalue weighted by atomic mass is 10.2. The Labute approximate surface area is 141 Å². The average Bonchev–Trinajstić information content (AvgIpc) is 3.17. The molecular formula is C17H14N2O2S2. The predicted molar refractivity (Wildman–Crippen MR) is 92.7 cm³/mol. The van der Waals surface area contributed by atoms with Crippen LogP contribution < -0.4 is 0 Å². The number of carbonyl (C=O) groups is 1. The van der Waals surface area contributed by atoms with Crippen molar-refractivity contribution >= 4 is 40.0 Å². The lowest BCUT2D eigenvalue weighted by Gasteiger charge is -2.09. The van der Waals surface area contributed by atoms with E-state index in [1.165, 1.54) is 11.8 Å². The molecule has 2 atom stereocenters. The molecule has 1 aliphatic rings. The summed E-state index contributed by atoms with van der Waals surface area (Å²) in [5.74, 6) is 0.559. The standard InChI is InChI=1S/C17H14N2O2S2/c1-10-9-14(17(20)21-10)23-16-11-5-2-3-6-12(11)18-15(19-16)13-7-4-8-22-13/h2-8,10,14H,9H2,1H3. The predicted octanol–water partition coefficient (Wildman–Crippen LogP) is 4.15. The van der Waals surface area contributed by atoms with E-state index in [1.807, 2.05) is 48.7 Å². The molecule has 1 fully saturated rings. The molecule has 0 N–H and O–H groups in total. The average molecular weight is 342 g/mol. The van der Waals surface area contributed by atoms with Crippen molar-refractivity contribution in [1.29, 1.82) is 0 Å². The molecule has 0 aliphatic carbocycles. The van der Waals surface area contributed by atoms with Crippen LogP contribution in [0.3, 0.4) is 0 Å². The summed E-state index contributed by atoms with van der Waals surface area (Å²) >= 11 is 3.09. The highest BCUT2D eigenvalue weighted by molar-refractivity contribution is 8.00. The fourth-order valence-electron chi connectivity index (χ4n) is 2.60. The summed E-state index contributed by atoms with van der Waals surface area (Å²) < 4.78 is 5.26. The minimum absolute atomic E-state index is 0.0233. The number of thiophene rings is 1. The van der Waals surface area contributed by atoms with E-state index in [1.54, 1.807) is 11.3 Å². The van der Waals surface area contributed by atoms with Gasteiger partial charge in [0.05, 0.1) is 10.4 Å². The number of rotatable bonds is 3. The van der Waals surface area contributed by atoms with Gasteiger partial charge in [-0.1, -0.05) is 36.0 Å². The van der Waals surface area contributed by atoms with Gasteiger partial charge in [0.25, 0.3) is 0 Å². The quantitative estimate of drug-likeness (QED) is 0.528. The molecule has 2 unspecified atom stereocenters. The normalized spacial score (nSPS) is 20.8. The molecule has 0 bridgehead atoms. The van der Waals surface area contributed by atoms with Crippen molar-refractivity contribution in [3.63, 3.8) is 0 Å². The second kappa shape index (κ2) is 5.94. The summed E-state index contributed by atoms with van der Waals surface area (Å²) in [6, 6.07) is 11.9. The number of nitrogens with zero attached hydrogens (tertiary/aromatic N) is 2. The summed E-state index contributed by atoms with van der Waals surface area (Å²) in [6.45, 7) is 1.92. The first-order valence-corrected chi connectivity index (χ1v) is 9.14. The zero-order valence-corrected chi connectivity index (χ0v) is 14.1. The summed E-state index contributed by atoms with van der Waals surface area (Å²) in [6.07, 6.45) is 0.695. The van der Waals surface area contributed by atoms with E-state index < -0.39 is 0 Å². The monoisotopic (exact) mass is 342 g/mol. The molecule has 0 amide bonds. The molecule has 2 aromatic heterocycles. The van der Waals surface area contributed by atoms with E-state index in [2.05, 4.69) is 4.98 Å². The Morgan fingerprint density at radius 2 is 2.09 bits per heavy atom. The van der Waals surface area contributed by atoms with Crippen molar-refractivity contribution in [2.45, 2.75) is 29.7 Å². The third-order valence-corrected chi connectivity index (χ3v) is 5.76. The van der Waals surface area contributed by atoms with Gasteiger partial charge >= 0.3 is 5.97 Å². The van der Waals surface area contributed by atoms with Gasteiger partial charge in [-0.2, -0.15) is 0 Å². The van der Waals surface area contributed by atoms with Crippen LogP contribution >= 0.6 is 23.1 Å². The minimum Gasteiger partial charge on any atom is -0.462 e. The largest absolute Gasteiger partial charge is 0.462 e. The molecule has 23 heavy (non-hydrogen) atoms. The molecule has 3 aromatic rings. The third-order valence-electron chi connectivity index (χ3n) is 3.69. The van der Waals surface area contributed by atoms with Crippen LogP contribution in [-0.4, -0.2) is 27.3 Å². The number of carbonyl (C=O) groups excluding carboxylic acids is 1. The van der Waals surface area contributed by atoms with Crippen LogP contribution in [0.5, 0.6) is 0 Å².